The van der Waals surface area contributed by atoms with Crippen LogP contribution in [0.1, 0.15) is 27.7 Å². The highest BCUT2D eigenvalue weighted by molar-refractivity contribution is 5.85. The maximum atomic E-state index is 11.7. The molecular formula is C13H25N3O2. The largest absolute Gasteiger partial charge is 0.349 e. The van der Waals surface area contributed by atoms with Gasteiger partial charge >= 0.3 is 0 Å². The molecule has 0 aliphatic heterocycles. The Morgan fingerprint density at radius 2 is 1.67 bits per heavy atom. The molecule has 0 aliphatic rings. The van der Waals surface area contributed by atoms with Crippen molar-refractivity contribution in [3.05, 3.63) is 12.7 Å². The fraction of sp³-hybridized carbons (Fsp3) is 0.692. The molecule has 0 saturated heterocycles. The van der Waals surface area contributed by atoms with Gasteiger partial charge in [-0.05, 0) is 20.9 Å². The summed E-state index contributed by atoms with van der Waals surface area (Å²) in [6, 6.07) is 0. The Morgan fingerprint density at radius 1 is 1.11 bits per heavy atom. The van der Waals surface area contributed by atoms with Gasteiger partial charge < -0.3 is 16.0 Å². The Hall–Kier alpha value is -1.36. The number of carbonyl (C=O) groups excluding carboxylic acids is 2. The second kappa shape index (κ2) is 6.54. The molecule has 3 N–H and O–H groups in total. The highest BCUT2D eigenvalue weighted by Crippen LogP contribution is 2.31. The van der Waals surface area contributed by atoms with Crippen molar-refractivity contribution in [3.8, 4) is 0 Å². The number of likely N-dealkylation sites (N-methyl/N-ethyl adjacent to an activating group) is 1. The zero-order valence-electron chi connectivity index (χ0n) is 12.0. The monoisotopic (exact) mass is 255 g/mol. The van der Waals surface area contributed by atoms with Crippen LogP contribution in [0.4, 0.5) is 0 Å². The minimum absolute atomic E-state index is 0.0167. The van der Waals surface area contributed by atoms with Gasteiger partial charge in [-0.1, -0.05) is 19.9 Å². The third kappa shape index (κ3) is 4.87. The van der Waals surface area contributed by atoms with Crippen LogP contribution in [-0.4, -0.2) is 37.5 Å². The predicted octanol–water partition coefficient (Wildman–Crippen LogP) is 0.429. The molecule has 0 unspecified atom stereocenters. The topological polar surface area (TPSA) is 70.2 Å². The van der Waals surface area contributed by atoms with Gasteiger partial charge in [-0.25, -0.2) is 0 Å². The first-order valence-corrected chi connectivity index (χ1v) is 6.02. The first-order chi connectivity index (χ1) is 8.16. The van der Waals surface area contributed by atoms with Crippen molar-refractivity contribution >= 4 is 11.8 Å². The van der Waals surface area contributed by atoms with Gasteiger partial charge in [0.1, 0.15) is 0 Å². The van der Waals surface area contributed by atoms with Crippen LogP contribution >= 0.6 is 0 Å². The van der Waals surface area contributed by atoms with E-state index in [0.29, 0.717) is 0 Å². The summed E-state index contributed by atoms with van der Waals surface area (Å²) in [6.45, 7) is 11.8. The lowest BCUT2D eigenvalue weighted by molar-refractivity contribution is -0.127. The number of nitrogens with one attached hydrogen (secondary N) is 3. The smallest absolute Gasteiger partial charge is 0.239 e. The van der Waals surface area contributed by atoms with Gasteiger partial charge in [-0.3, -0.25) is 9.59 Å². The van der Waals surface area contributed by atoms with E-state index in [1.165, 1.54) is 0 Å². The summed E-state index contributed by atoms with van der Waals surface area (Å²) in [4.78, 5) is 22.9. The van der Waals surface area contributed by atoms with E-state index in [0.717, 1.165) is 0 Å². The molecule has 0 radical (unpaired) electrons. The van der Waals surface area contributed by atoms with E-state index in [1.54, 1.807) is 7.05 Å². The number of amides is 2. The molecule has 0 spiro atoms. The average Bonchev–Trinajstić information content (AvgIpc) is 2.26. The van der Waals surface area contributed by atoms with Gasteiger partial charge in [-0.15, -0.1) is 6.58 Å². The molecule has 2 amide bonds. The van der Waals surface area contributed by atoms with Crippen molar-refractivity contribution in [2.24, 2.45) is 5.41 Å². The summed E-state index contributed by atoms with van der Waals surface area (Å²) >= 11 is 0. The van der Waals surface area contributed by atoms with Crippen LogP contribution in [0, 0.1) is 5.41 Å². The number of rotatable bonds is 7. The Bertz CT molecular complexity index is 322. The second-order valence-corrected chi connectivity index (χ2v) is 5.41. The minimum atomic E-state index is -0.431. The maximum Gasteiger partial charge on any atom is 0.239 e. The highest BCUT2D eigenvalue weighted by Gasteiger charge is 2.35. The molecule has 0 rings (SSSR count). The first kappa shape index (κ1) is 16.6. The molecule has 5 nitrogen and oxygen atoms in total. The van der Waals surface area contributed by atoms with Gasteiger partial charge in [0.05, 0.1) is 13.1 Å². The van der Waals surface area contributed by atoms with Gasteiger partial charge in [0.2, 0.25) is 11.8 Å². The molecule has 18 heavy (non-hydrogen) atoms. The van der Waals surface area contributed by atoms with E-state index in [1.807, 2.05) is 33.8 Å². The highest BCUT2D eigenvalue weighted by atomic mass is 16.2. The SMILES string of the molecule is C=CC(C)(C)C(C)(C)NC(=O)CNC(=O)CNC. The van der Waals surface area contributed by atoms with Crippen molar-refractivity contribution < 1.29 is 9.59 Å². The van der Waals surface area contributed by atoms with Crippen LogP contribution in [-0.2, 0) is 9.59 Å². The van der Waals surface area contributed by atoms with Crippen molar-refractivity contribution in [3.63, 3.8) is 0 Å². The quantitative estimate of drug-likeness (QED) is 0.578. The fourth-order valence-corrected chi connectivity index (χ4v) is 1.21. The number of hydrogen-bond donors (Lipinski definition) is 3. The summed E-state index contributed by atoms with van der Waals surface area (Å²) in [5, 5.41) is 8.15. The summed E-state index contributed by atoms with van der Waals surface area (Å²) in [5.74, 6) is -0.409. The van der Waals surface area contributed by atoms with E-state index < -0.39 is 5.54 Å². The molecule has 0 aromatic carbocycles. The lowest BCUT2D eigenvalue weighted by Gasteiger charge is -2.40. The summed E-state index contributed by atoms with van der Waals surface area (Å²) < 4.78 is 0. The molecule has 104 valence electrons. The minimum Gasteiger partial charge on any atom is -0.349 e. The molecule has 5 heteroatoms. The molecule has 0 bridgehead atoms. The van der Waals surface area contributed by atoms with Crippen molar-refractivity contribution in [2.75, 3.05) is 20.1 Å². The van der Waals surface area contributed by atoms with Gasteiger partial charge in [0, 0.05) is 11.0 Å². The maximum absolute atomic E-state index is 11.7. The molecule has 0 aromatic rings. The van der Waals surface area contributed by atoms with Crippen LogP contribution < -0.4 is 16.0 Å². The summed E-state index contributed by atoms with van der Waals surface area (Å²) in [6.07, 6.45) is 1.81. The molecule has 0 fully saturated rings. The molecule has 0 heterocycles. The van der Waals surface area contributed by atoms with E-state index in [2.05, 4.69) is 22.5 Å². The van der Waals surface area contributed by atoms with Crippen molar-refractivity contribution in [1.82, 2.24) is 16.0 Å². The molecule has 0 saturated carbocycles. The van der Waals surface area contributed by atoms with E-state index >= 15 is 0 Å². The molecule has 0 aliphatic carbocycles. The fourth-order valence-electron chi connectivity index (χ4n) is 1.21. The lowest BCUT2D eigenvalue weighted by atomic mass is 9.74. The van der Waals surface area contributed by atoms with Crippen LogP contribution in [0.2, 0.25) is 0 Å². The standard InChI is InChI=1S/C13H25N3O2/c1-7-12(2,3)13(4,5)16-11(18)9-15-10(17)8-14-6/h7,14H,1,8-9H2,2-6H3,(H,15,17)(H,16,18). The Labute approximate surface area is 109 Å². The molecule has 0 aromatic heterocycles. The first-order valence-electron chi connectivity index (χ1n) is 6.02. The third-order valence-electron chi connectivity index (χ3n) is 3.36. The predicted molar refractivity (Wildman–Crippen MR) is 73.1 cm³/mol. The Kier molecular flexibility index (Phi) is 6.05. The normalized spacial score (nSPS) is 11.8. The summed E-state index contributed by atoms with van der Waals surface area (Å²) in [7, 11) is 1.68. The Morgan fingerprint density at radius 3 is 2.11 bits per heavy atom. The lowest BCUT2D eigenvalue weighted by Crippen LogP contribution is -2.55. The van der Waals surface area contributed by atoms with Gasteiger partial charge in [0.25, 0.3) is 0 Å². The van der Waals surface area contributed by atoms with Gasteiger partial charge in [0.15, 0.2) is 0 Å². The zero-order valence-corrected chi connectivity index (χ0v) is 12.0. The third-order valence-corrected chi connectivity index (χ3v) is 3.36. The summed E-state index contributed by atoms with van der Waals surface area (Å²) in [5.41, 5.74) is -0.669. The Balaban J connectivity index is 4.32. The average molecular weight is 255 g/mol. The second-order valence-electron chi connectivity index (χ2n) is 5.41. The van der Waals surface area contributed by atoms with Crippen molar-refractivity contribution in [2.45, 2.75) is 33.2 Å². The zero-order chi connectivity index (χ0) is 14.4. The van der Waals surface area contributed by atoms with Crippen LogP contribution in [0.25, 0.3) is 0 Å². The number of carbonyl (C=O) groups is 2. The van der Waals surface area contributed by atoms with Crippen LogP contribution in [0.15, 0.2) is 12.7 Å². The number of hydrogen-bond acceptors (Lipinski definition) is 3. The van der Waals surface area contributed by atoms with Crippen molar-refractivity contribution in [1.29, 1.82) is 0 Å². The van der Waals surface area contributed by atoms with E-state index in [-0.39, 0.29) is 30.3 Å². The molecule has 0 atom stereocenters. The van der Waals surface area contributed by atoms with E-state index in [9.17, 15) is 9.59 Å². The molecular weight excluding hydrogens is 230 g/mol. The van der Waals surface area contributed by atoms with E-state index in [4.69, 9.17) is 0 Å². The van der Waals surface area contributed by atoms with Gasteiger partial charge in [-0.2, -0.15) is 0 Å². The van der Waals surface area contributed by atoms with Crippen LogP contribution in [0.5, 0.6) is 0 Å². The van der Waals surface area contributed by atoms with Crippen LogP contribution in [0.3, 0.4) is 0 Å².